The van der Waals surface area contributed by atoms with Crippen molar-refractivity contribution < 1.29 is 27.4 Å². The average Bonchev–Trinajstić information content (AvgIpc) is 3.46. The molecule has 5 rings (SSSR count). The maximum atomic E-state index is 13.6. The quantitative estimate of drug-likeness (QED) is 0.117. The molecule has 4 aromatic rings. The largest absolute Gasteiger partial charge is 0.423 e. The Balaban J connectivity index is 1.51. The second-order valence-electron chi connectivity index (χ2n) is 11.0. The van der Waals surface area contributed by atoms with Crippen LogP contribution in [0, 0.1) is 11.8 Å². The first kappa shape index (κ1) is 32.9. The molecule has 0 spiro atoms. The molecule has 1 aromatic heterocycles. The number of hydrogen-bond donors (Lipinski definition) is 1. The molecule has 0 bridgehead atoms. The number of unbranched alkanes of at least 4 members (excludes halogenated alkanes) is 2. The van der Waals surface area contributed by atoms with Crippen molar-refractivity contribution in [1.29, 1.82) is 0 Å². The summed E-state index contributed by atoms with van der Waals surface area (Å²) >= 11 is 0. The molecule has 0 amide bonds. The third kappa shape index (κ3) is 7.34. The molecule has 3 atom stereocenters. The summed E-state index contributed by atoms with van der Waals surface area (Å²) in [6.07, 6.45) is -4.39. The van der Waals surface area contributed by atoms with Crippen LogP contribution in [0.5, 0.6) is 0 Å². The van der Waals surface area contributed by atoms with E-state index in [-0.39, 0.29) is 19.6 Å². The first-order valence-corrected chi connectivity index (χ1v) is 15.2. The molecule has 1 saturated heterocycles. The first-order chi connectivity index (χ1) is 22.2. The van der Waals surface area contributed by atoms with E-state index in [0.29, 0.717) is 6.20 Å². The van der Waals surface area contributed by atoms with Crippen molar-refractivity contribution in [3.8, 4) is 11.8 Å². The van der Waals surface area contributed by atoms with Gasteiger partial charge in [-0.1, -0.05) is 110 Å². The smallest absolute Gasteiger partial charge is 0.363 e. The number of halogens is 3. The standard InChI is InChI=1S/C36H35F3N2O5/c1-2-3-4-5-15-22-44-30-23-32(41-24-29(36(37,38)39)33(42)40-34(41)43)46-31(30)25-45-35(26-16-9-6-10-17-26,27-18-11-7-12-19-27)28-20-13-8-14-21-28/h6-14,16-21,24,30-32H,2-4,22-23,25H2,1H3,(H,40,42,43)/t30-,31+,32+/m0/s1. The lowest BCUT2D eigenvalue weighted by atomic mass is 9.80. The third-order valence-corrected chi connectivity index (χ3v) is 7.92. The summed E-state index contributed by atoms with van der Waals surface area (Å²) in [5, 5.41) is 0. The lowest BCUT2D eigenvalue weighted by Crippen LogP contribution is -2.39. The van der Waals surface area contributed by atoms with Crippen molar-refractivity contribution in [2.24, 2.45) is 0 Å². The fourth-order valence-electron chi connectivity index (χ4n) is 5.63. The molecule has 0 saturated carbocycles. The summed E-state index contributed by atoms with van der Waals surface area (Å²) in [6.45, 7) is 2.09. The number of alkyl halides is 3. The van der Waals surface area contributed by atoms with Crippen molar-refractivity contribution in [1.82, 2.24) is 9.55 Å². The topological polar surface area (TPSA) is 82.6 Å². The van der Waals surface area contributed by atoms with Crippen LogP contribution in [0.1, 0.15) is 61.1 Å². The van der Waals surface area contributed by atoms with Crippen LogP contribution in [0.2, 0.25) is 0 Å². The molecule has 0 radical (unpaired) electrons. The Hall–Kier alpha value is -4.43. The van der Waals surface area contributed by atoms with Gasteiger partial charge >= 0.3 is 11.9 Å². The minimum atomic E-state index is -4.96. The number of hydrogen-bond acceptors (Lipinski definition) is 5. The zero-order valence-electron chi connectivity index (χ0n) is 25.3. The van der Waals surface area contributed by atoms with Crippen LogP contribution in [0.25, 0.3) is 0 Å². The van der Waals surface area contributed by atoms with Gasteiger partial charge in [0.25, 0.3) is 5.56 Å². The Morgan fingerprint density at radius 1 is 0.891 bits per heavy atom. The Morgan fingerprint density at radius 2 is 1.46 bits per heavy atom. The number of ether oxygens (including phenoxy) is 3. The zero-order valence-corrected chi connectivity index (χ0v) is 25.3. The lowest BCUT2D eigenvalue weighted by molar-refractivity contribution is -0.140. The summed E-state index contributed by atoms with van der Waals surface area (Å²) in [5.41, 5.74) is -2.55. The first-order valence-electron chi connectivity index (χ1n) is 15.2. The van der Waals surface area contributed by atoms with Crippen LogP contribution in [0.4, 0.5) is 13.2 Å². The molecular formula is C36H35F3N2O5. The highest BCUT2D eigenvalue weighted by atomic mass is 19.4. The maximum Gasteiger partial charge on any atom is 0.423 e. The van der Waals surface area contributed by atoms with E-state index in [4.69, 9.17) is 14.2 Å². The van der Waals surface area contributed by atoms with Gasteiger partial charge in [0, 0.05) is 19.0 Å². The maximum absolute atomic E-state index is 13.6. The van der Waals surface area contributed by atoms with Gasteiger partial charge in [0.05, 0.1) is 12.7 Å². The van der Waals surface area contributed by atoms with Gasteiger partial charge in [-0.05, 0) is 23.1 Å². The van der Waals surface area contributed by atoms with Crippen LogP contribution in [0.3, 0.4) is 0 Å². The van der Waals surface area contributed by atoms with Gasteiger partial charge in [0.1, 0.15) is 30.1 Å². The van der Waals surface area contributed by atoms with Gasteiger partial charge in [0.2, 0.25) is 0 Å². The van der Waals surface area contributed by atoms with Gasteiger partial charge in [-0.3, -0.25) is 14.3 Å². The zero-order chi connectivity index (χ0) is 32.6. The van der Waals surface area contributed by atoms with Crippen molar-refractivity contribution in [2.75, 3.05) is 13.2 Å². The monoisotopic (exact) mass is 632 g/mol. The number of aromatic amines is 1. The van der Waals surface area contributed by atoms with E-state index >= 15 is 0 Å². The normalized spacial score (nSPS) is 18.2. The molecular weight excluding hydrogens is 597 g/mol. The van der Waals surface area contributed by atoms with Crippen LogP contribution in [0.15, 0.2) is 107 Å². The third-order valence-electron chi connectivity index (χ3n) is 7.92. The Morgan fingerprint density at radius 3 is 1.98 bits per heavy atom. The molecule has 1 aliphatic heterocycles. The van der Waals surface area contributed by atoms with Gasteiger partial charge in [0.15, 0.2) is 0 Å². The Kier molecular flexibility index (Phi) is 10.6. The Labute approximate surface area is 265 Å². The second-order valence-corrected chi connectivity index (χ2v) is 11.0. The molecule has 0 unspecified atom stereocenters. The van der Waals surface area contributed by atoms with E-state index in [0.717, 1.165) is 40.5 Å². The molecule has 3 aromatic carbocycles. The fraction of sp³-hybridized carbons (Fsp3) is 0.333. The molecule has 7 nitrogen and oxygen atoms in total. The van der Waals surface area contributed by atoms with Gasteiger partial charge < -0.3 is 14.2 Å². The van der Waals surface area contributed by atoms with Crippen molar-refractivity contribution in [3.63, 3.8) is 0 Å². The molecule has 1 aliphatic rings. The summed E-state index contributed by atoms with van der Waals surface area (Å²) in [4.78, 5) is 26.4. The van der Waals surface area contributed by atoms with E-state index in [1.165, 1.54) is 0 Å². The molecule has 1 fully saturated rings. The molecule has 2 heterocycles. The Bertz CT molecular complexity index is 1650. The number of aromatic nitrogens is 2. The van der Waals surface area contributed by atoms with Gasteiger partial charge in [-0.25, -0.2) is 4.79 Å². The number of nitrogens with zero attached hydrogens (tertiary/aromatic N) is 1. The highest BCUT2D eigenvalue weighted by molar-refractivity contribution is 5.47. The van der Waals surface area contributed by atoms with Crippen molar-refractivity contribution >= 4 is 0 Å². The van der Waals surface area contributed by atoms with E-state index in [9.17, 15) is 22.8 Å². The second kappa shape index (κ2) is 14.8. The van der Waals surface area contributed by atoms with Crippen molar-refractivity contribution in [3.05, 3.63) is 140 Å². The lowest BCUT2D eigenvalue weighted by Gasteiger charge is -2.37. The van der Waals surface area contributed by atoms with E-state index < -0.39 is 47.0 Å². The number of nitrogens with one attached hydrogen (secondary N) is 1. The summed E-state index contributed by atoms with van der Waals surface area (Å²) < 4.78 is 60.8. The highest BCUT2D eigenvalue weighted by Crippen LogP contribution is 2.42. The predicted octanol–water partition coefficient (Wildman–Crippen LogP) is 6.43. The molecule has 1 N–H and O–H groups in total. The molecule has 10 heteroatoms. The number of benzene rings is 3. The molecule has 0 aliphatic carbocycles. The van der Waals surface area contributed by atoms with Crippen LogP contribution in [-0.2, 0) is 26.0 Å². The number of H-pyrrole nitrogens is 1. The minimum Gasteiger partial charge on any atom is -0.363 e. The van der Waals surface area contributed by atoms with Crippen LogP contribution >= 0.6 is 0 Å². The van der Waals surface area contributed by atoms with E-state index in [2.05, 4.69) is 18.8 Å². The number of rotatable bonds is 11. The average molecular weight is 633 g/mol. The minimum absolute atomic E-state index is 0.0307. The SMILES string of the molecule is CCCCC#CCO[C@H]1C[C@H](n2cc(C(F)(F)F)c(=O)[nH]c2=O)O[C@@H]1COC(c1ccccc1)(c1ccccc1)c1ccccc1. The van der Waals surface area contributed by atoms with E-state index in [1.807, 2.05) is 91.0 Å². The predicted molar refractivity (Wildman–Crippen MR) is 167 cm³/mol. The summed E-state index contributed by atoms with van der Waals surface area (Å²) in [5.74, 6) is 6.05. The van der Waals surface area contributed by atoms with Crippen molar-refractivity contribution in [2.45, 2.75) is 62.8 Å². The molecule has 240 valence electrons. The van der Waals surface area contributed by atoms with Gasteiger partial charge in [-0.15, -0.1) is 5.92 Å². The summed E-state index contributed by atoms with van der Waals surface area (Å²) in [7, 11) is 0. The van der Waals surface area contributed by atoms with Crippen LogP contribution < -0.4 is 11.2 Å². The highest BCUT2D eigenvalue weighted by Gasteiger charge is 2.43. The molecule has 46 heavy (non-hydrogen) atoms. The van der Waals surface area contributed by atoms with Gasteiger partial charge in [-0.2, -0.15) is 13.2 Å². The fourth-order valence-corrected chi connectivity index (χ4v) is 5.63. The van der Waals surface area contributed by atoms with Crippen LogP contribution in [-0.4, -0.2) is 35.0 Å². The van der Waals surface area contributed by atoms with E-state index in [1.54, 1.807) is 4.98 Å². The summed E-state index contributed by atoms with van der Waals surface area (Å²) in [6, 6.07) is 29.1.